The van der Waals surface area contributed by atoms with Crippen molar-refractivity contribution in [2.75, 3.05) is 18.9 Å². The van der Waals surface area contributed by atoms with Crippen LogP contribution in [0.1, 0.15) is 32.7 Å². The van der Waals surface area contributed by atoms with Crippen LogP contribution in [-0.4, -0.2) is 31.3 Å². The quantitative estimate of drug-likeness (QED) is 0.725. The topological polar surface area (TPSA) is 87.3 Å². The van der Waals surface area contributed by atoms with Crippen molar-refractivity contribution in [3.8, 4) is 0 Å². The van der Waals surface area contributed by atoms with Gasteiger partial charge in [-0.25, -0.2) is 8.78 Å². The number of carbonyl (C=O) groups excluding carboxylic acids is 3. The third-order valence-corrected chi connectivity index (χ3v) is 3.89. The molecule has 0 aliphatic carbocycles. The summed E-state index contributed by atoms with van der Waals surface area (Å²) in [5, 5.41) is 7.59. The Bertz CT molecular complexity index is 884. The molecule has 3 N–H and O–H groups in total. The zero-order chi connectivity index (χ0) is 20.0. The van der Waals surface area contributed by atoms with E-state index in [1.54, 1.807) is 25.1 Å². The number of nitrogens with one attached hydrogen (secondary N) is 3. The van der Waals surface area contributed by atoms with Crippen molar-refractivity contribution in [2.45, 2.75) is 13.3 Å². The highest BCUT2D eigenvalue weighted by molar-refractivity contribution is 5.99. The van der Waals surface area contributed by atoms with Crippen molar-refractivity contribution in [1.29, 1.82) is 0 Å². The van der Waals surface area contributed by atoms with Gasteiger partial charge in [0.15, 0.2) is 0 Å². The lowest BCUT2D eigenvalue weighted by molar-refractivity contribution is -0.116. The van der Waals surface area contributed by atoms with E-state index in [9.17, 15) is 23.2 Å². The first-order valence-corrected chi connectivity index (χ1v) is 8.18. The van der Waals surface area contributed by atoms with E-state index >= 15 is 0 Å². The normalized spacial score (nSPS) is 10.2. The number of anilines is 1. The van der Waals surface area contributed by atoms with Crippen LogP contribution in [0.5, 0.6) is 0 Å². The molecule has 142 valence electrons. The Labute approximate surface area is 155 Å². The van der Waals surface area contributed by atoms with Gasteiger partial charge in [-0.05, 0) is 36.8 Å². The van der Waals surface area contributed by atoms with Gasteiger partial charge in [0.05, 0.1) is 5.56 Å². The van der Waals surface area contributed by atoms with Gasteiger partial charge in [0, 0.05) is 37.3 Å². The third kappa shape index (κ3) is 5.10. The van der Waals surface area contributed by atoms with E-state index in [1.165, 1.54) is 7.05 Å². The number of carbonyl (C=O) groups is 3. The van der Waals surface area contributed by atoms with Crippen LogP contribution in [0, 0.1) is 18.6 Å². The van der Waals surface area contributed by atoms with Gasteiger partial charge in [0.2, 0.25) is 5.91 Å². The number of halogens is 2. The molecule has 0 saturated heterocycles. The molecule has 0 heterocycles. The molecule has 8 heteroatoms. The highest BCUT2D eigenvalue weighted by Crippen LogP contribution is 2.19. The lowest BCUT2D eigenvalue weighted by Gasteiger charge is -2.12. The Morgan fingerprint density at radius 2 is 1.74 bits per heavy atom. The number of benzene rings is 2. The standard InChI is InChI=1S/C19H19F2N3O3/c1-11-13(18(26)22-2)4-3-5-16(11)24-17(25)8-9-23-19(27)14-7-6-12(20)10-15(14)21/h3-7,10H,8-9H2,1-2H3,(H,22,26)(H,23,27)(H,24,25). The maximum atomic E-state index is 13.5. The average Bonchev–Trinajstić information content (AvgIpc) is 2.62. The van der Waals surface area contributed by atoms with Crippen LogP contribution in [0.4, 0.5) is 14.5 Å². The molecule has 0 aliphatic heterocycles. The Morgan fingerprint density at radius 3 is 2.41 bits per heavy atom. The fourth-order valence-corrected chi connectivity index (χ4v) is 2.42. The number of amides is 3. The van der Waals surface area contributed by atoms with Crippen LogP contribution in [-0.2, 0) is 4.79 Å². The molecular formula is C19H19F2N3O3. The average molecular weight is 375 g/mol. The van der Waals surface area contributed by atoms with Crippen LogP contribution in [0.2, 0.25) is 0 Å². The maximum absolute atomic E-state index is 13.5. The fraction of sp³-hybridized carbons (Fsp3) is 0.211. The first kappa shape index (κ1) is 20.0. The van der Waals surface area contributed by atoms with Gasteiger partial charge in [0.1, 0.15) is 11.6 Å². The van der Waals surface area contributed by atoms with Gasteiger partial charge in [0.25, 0.3) is 11.8 Å². The SMILES string of the molecule is CNC(=O)c1cccc(NC(=O)CCNC(=O)c2ccc(F)cc2F)c1C. The lowest BCUT2D eigenvalue weighted by Crippen LogP contribution is -2.28. The molecule has 0 spiro atoms. The number of hydrogen-bond donors (Lipinski definition) is 3. The molecule has 0 atom stereocenters. The molecule has 2 aromatic rings. The Morgan fingerprint density at radius 1 is 1.00 bits per heavy atom. The Balaban J connectivity index is 1.91. The zero-order valence-electron chi connectivity index (χ0n) is 14.9. The second-order valence-electron chi connectivity index (χ2n) is 5.74. The second kappa shape index (κ2) is 8.88. The lowest BCUT2D eigenvalue weighted by atomic mass is 10.1. The summed E-state index contributed by atoms with van der Waals surface area (Å²) in [5.74, 6) is -3.14. The van der Waals surface area contributed by atoms with Gasteiger partial charge < -0.3 is 16.0 Å². The summed E-state index contributed by atoms with van der Waals surface area (Å²) in [6.07, 6.45) is -0.0573. The van der Waals surface area contributed by atoms with Crippen molar-refractivity contribution in [3.05, 3.63) is 64.7 Å². The van der Waals surface area contributed by atoms with E-state index in [4.69, 9.17) is 0 Å². The molecule has 0 aliphatic rings. The van der Waals surface area contributed by atoms with Crippen LogP contribution >= 0.6 is 0 Å². The molecule has 0 saturated carbocycles. The molecule has 0 fully saturated rings. The smallest absolute Gasteiger partial charge is 0.254 e. The number of hydrogen-bond acceptors (Lipinski definition) is 3. The highest BCUT2D eigenvalue weighted by Gasteiger charge is 2.14. The number of rotatable bonds is 6. The van der Waals surface area contributed by atoms with E-state index in [2.05, 4.69) is 16.0 Å². The molecule has 27 heavy (non-hydrogen) atoms. The fourth-order valence-electron chi connectivity index (χ4n) is 2.42. The van der Waals surface area contributed by atoms with Gasteiger partial charge in [-0.1, -0.05) is 6.07 Å². The maximum Gasteiger partial charge on any atom is 0.254 e. The first-order chi connectivity index (χ1) is 12.8. The highest BCUT2D eigenvalue weighted by atomic mass is 19.1. The second-order valence-corrected chi connectivity index (χ2v) is 5.74. The summed E-state index contributed by atoms with van der Waals surface area (Å²) in [7, 11) is 1.51. The summed E-state index contributed by atoms with van der Waals surface area (Å²) in [4.78, 5) is 35.7. The van der Waals surface area contributed by atoms with Crippen molar-refractivity contribution in [2.24, 2.45) is 0 Å². The van der Waals surface area contributed by atoms with E-state index in [0.717, 1.165) is 12.1 Å². The predicted molar refractivity (Wildman–Crippen MR) is 96.5 cm³/mol. The largest absolute Gasteiger partial charge is 0.355 e. The van der Waals surface area contributed by atoms with Gasteiger partial charge in [-0.15, -0.1) is 0 Å². The molecule has 2 aromatic carbocycles. The first-order valence-electron chi connectivity index (χ1n) is 8.18. The third-order valence-electron chi connectivity index (χ3n) is 3.89. The summed E-state index contributed by atoms with van der Waals surface area (Å²) in [5.41, 5.74) is 1.24. The van der Waals surface area contributed by atoms with Crippen molar-refractivity contribution >= 4 is 23.4 Å². The minimum Gasteiger partial charge on any atom is -0.355 e. The molecular weight excluding hydrogens is 356 g/mol. The predicted octanol–water partition coefficient (Wildman–Crippen LogP) is 2.39. The van der Waals surface area contributed by atoms with Crippen molar-refractivity contribution in [1.82, 2.24) is 10.6 Å². The summed E-state index contributed by atoms with van der Waals surface area (Å²) < 4.78 is 26.4. The molecule has 6 nitrogen and oxygen atoms in total. The van der Waals surface area contributed by atoms with Crippen LogP contribution in [0.15, 0.2) is 36.4 Å². The minimum absolute atomic E-state index is 0.0321. The minimum atomic E-state index is -0.974. The van der Waals surface area contributed by atoms with Gasteiger partial charge >= 0.3 is 0 Å². The van der Waals surface area contributed by atoms with E-state index in [-0.39, 0.29) is 30.3 Å². The molecule has 0 aromatic heterocycles. The Hall–Kier alpha value is -3.29. The summed E-state index contributed by atoms with van der Waals surface area (Å²) in [6.45, 7) is 1.68. The molecule has 2 rings (SSSR count). The van der Waals surface area contributed by atoms with Crippen LogP contribution in [0.3, 0.4) is 0 Å². The van der Waals surface area contributed by atoms with E-state index < -0.39 is 17.5 Å². The van der Waals surface area contributed by atoms with Crippen LogP contribution in [0.25, 0.3) is 0 Å². The van der Waals surface area contributed by atoms with E-state index in [0.29, 0.717) is 22.9 Å². The molecule has 0 radical (unpaired) electrons. The monoisotopic (exact) mass is 375 g/mol. The molecule has 0 unspecified atom stereocenters. The van der Waals surface area contributed by atoms with Gasteiger partial charge in [-0.3, -0.25) is 14.4 Å². The van der Waals surface area contributed by atoms with Crippen molar-refractivity contribution < 1.29 is 23.2 Å². The summed E-state index contributed by atoms with van der Waals surface area (Å²) >= 11 is 0. The van der Waals surface area contributed by atoms with E-state index in [1.807, 2.05) is 0 Å². The van der Waals surface area contributed by atoms with Crippen molar-refractivity contribution in [3.63, 3.8) is 0 Å². The molecule has 0 bridgehead atoms. The van der Waals surface area contributed by atoms with Gasteiger partial charge in [-0.2, -0.15) is 0 Å². The zero-order valence-corrected chi connectivity index (χ0v) is 14.9. The van der Waals surface area contributed by atoms with Crippen LogP contribution < -0.4 is 16.0 Å². The summed E-state index contributed by atoms with van der Waals surface area (Å²) in [6, 6.07) is 7.57. The molecule has 3 amide bonds. The Kier molecular flexibility index (Phi) is 6.59.